The molecule has 0 fully saturated rings. The predicted octanol–water partition coefficient (Wildman–Crippen LogP) is 0.324. The van der Waals surface area contributed by atoms with Gasteiger partial charge in [-0.1, -0.05) is 6.07 Å². The summed E-state index contributed by atoms with van der Waals surface area (Å²) in [6, 6.07) is 5.54. The maximum atomic E-state index is 10.2. The van der Waals surface area contributed by atoms with Crippen LogP contribution in [-0.2, 0) is 0 Å². The molecule has 19 heavy (non-hydrogen) atoms. The van der Waals surface area contributed by atoms with Crippen LogP contribution in [0.25, 0.3) is 0 Å². The molecule has 1 rings (SSSR count). The Labute approximate surface area is 114 Å². The average molecular weight is 269 g/mol. The maximum Gasteiger partial charge on any atom is 0.121 e. The summed E-state index contributed by atoms with van der Waals surface area (Å²) in [6.07, 6.45) is -0.650. The third-order valence-corrected chi connectivity index (χ3v) is 3.07. The van der Waals surface area contributed by atoms with Gasteiger partial charge in [-0.2, -0.15) is 0 Å². The van der Waals surface area contributed by atoms with Gasteiger partial charge in [-0.05, 0) is 30.2 Å². The molecule has 0 radical (unpaired) electrons. The number of rotatable bonds is 8. The van der Waals surface area contributed by atoms with Crippen LogP contribution in [0.2, 0.25) is 0 Å². The molecule has 0 saturated heterocycles. The number of methoxy groups -OCH3 is 1. The Morgan fingerprint density at radius 1 is 1.21 bits per heavy atom. The molecule has 0 aromatic heterocycles. The first-order chi connectivity index (χ1) is 9.12. The first-order valence-electron chi connectivity index (χ1n) is 6.39. The second-order valence-corrected chi connectivity index (χ2v) is 4.49. The highest BCUT2D eigenvalue weighted by Gasteiger charge is 2.14. The quantitative estimate of drug-likeness (QED) is 0.634. The van der Waals surface area contributed by atoms with Gasteiger partial charge in [0.2, 0.25) is 0 Å². The van der Waals surface area contributed by atoms with Crippen LogP contribution in [0.1, 0.15) is 17.2 Å². The summed E-state index contributed by atoms with van der Waals surface area (Å²) in [5.74, 6) is 0.790. The Morgan fingerprint density at radius 3 is 2.32 bits per heavy atom. The van der Waals surface area contributed by atoms with E-state index in [0.29, 0.717) is 19.6 Å². The summed E-state index contributed by atoms with van der Waals surface area (Å²) in [6.45, 7) is 3.20. The topological polar surface area (TPSA) is 73.2 Å². The number of benzene rings is 1. The van der Waals surface area contributed by atoms with E-state index >= 15 is 0 Å². The standard InChI is InChI=1S/C14H23NO4/c1-11-9-12(3-4-14(11)19-2)13(18)10-15(5-7-16)6-8-17/h3-4,9,13,16-18H,5-8,10H2,1-2H3. The molecule has 0 amide bonds. The molecule has 0 saturated carbocycles. The summed E-state index contributed by atoms with van der Waals surface area (Å²) in [5.41, 5.74) is 1.77. The lowest BCUT2D eigenvalue weighted by atomic mass is 10.1. The van der Waals surface area contributed by atoms with Gasteiger partial charge < -0.3 is 20.1 Å². The van der Waals surface area contributed by atoms with Crippen LogP contribution in [0.3, 0.4) is 0 Å². The van der Waals surface area contributed by atoms with Crippen molar-refractivity contribution in [2.45, 2.75) is 13.0 Å². The third-order valence-electron chi connectivity index (χ3n) is 3.07. The van der Waals surface area contributed by atoms with Gasteiger partial charge in [-0.3, -0.25) is 4.90 Å². The summed E-state index contributed by atoms with van der Waals surface area (Å²) in [7, 11) is 1.61. The van der Waals surface area contributed by atoms with Crippen molar-refractivity contribution in [2.75, 3.05) is 40.0 Å². The molecule has 5 nitrogen and oxygen atoms in total. The summed E-state index contributed by atoms with van der Waals surface area (Å²) >= 11 is 0. The van der Waals surface area contributed by atoms with Crippen molar-refractivity contribution in [3.8, 4) is 5.75 Å². The number of ether oxygens (including phenoxy) is 1. The Kier molecular flexibility index (Phi) is 6.80. The lowest BCUT2D eigenvalue weighted by molar-refractivity contribution is 0.0874. The SMILES string of the molecule is COc1ccc(C(O)CN(CCO)CCO)cc1C. The highest BCUT2D eigenvalue weighted by atomic mass is 16.5. The fraction of sp³-hybridized carbons (Fsp3) is 0.571. The molecule has 0 spiro atoms. The smallest absolute Gasteiger partial charge is 0.121 e. The van der Waals surface area contributed by atoms with Crippen molar-refractivity contribution in [1.82, 2.24) is 4.90 Å². The molecule has 0 bridgehead atoms. The Morgan fingerprint density at radius 2 is 1.84 bits per heavy atom. The lowest BCUT2D eigenvalue weighted by Crippen LogP contribution is -2.33. The summed E-state index contributed by atoms with van der Waals surface area (Å²) < 4.78 is 5.18. The predicted molar refractivity (Wildman–Crippen MR) is 73.3 cm³/mol. The summed E-state index contributed by atoms with van der Waals surface area (Å²) in [4.78, 5) is 1.82. The number of aliphatic hydroxyl groups excluding tert-OH is 3. The van der Waals surface area contributed by atoms with Crippen LogP contribution in [0, 0.1) is 6.92 Å². The number of aryl methyl sites for hydroxylation is 1. The van der Waals surface area contributed by atoms with Crippen molar-refractivity contribution in [1.29, 1.82) is 0 Å². The van der Waals surface area contributed by atoms with E-state index in [4.69, 9.17) is 14.9 Å². The van der Waals surface area contributed by atoms with Crippen LogP contribution in [-0.4, -0.2) is 60.2 Å². The minimum absolute atomic E-state index is 0.00829. The molecule has 0 aliphatic rings. The van der Waals surface area contributed by atoms with Gasteiger partial charge in [-0.15, -0.1) is 0 Å². The van der Waals surface area contributed by atoms with Crippen LogP contribution >= 0.6 is 0 Å². The van der Waals surface area contributed by atoms with Gasteiger partial charge in [0.25, 0.3) is 0 Å². The molecule has 5 heteroatoms. The Hall–Kier alpha value is -1.14. The van der Waals surface area contributed by atoms with Crippen LogP contribution in [0.5, 0.6) is 5.75 Å². The molecule has 1 atom stereocenters. The van der Waals surface area contributed by atoms with Gasteiger partial charge in [0.15, 0.2) is 0 Å². The highest BCUT2D eigenvalue weighted by molar-refractivity contribution is 5.37. The molecule has 1 aromatic carbocycles. The number of nitrogens with zero attached hydrogens (tertiary/aromatic N) is 1. The zero-order valence-electron chi connectivity index (χ0n) is 11.5. The van der Waals surface area contributed by atoms with Gasteiger partial charge in [0.05, 0.1) is 26.4 Å². The van der Waals surface area contributed by atoms with E-state index in [9.17, 15) is 5.11 Å². The second-order valence-electron chi connectivity index (χ2n) is 4.49. The molecule has 0 aliphatic heterocycles. The van der Waals surface area contributed by atoms with Gasteiger partial charge in [0, 0.05) is 19.6 Å². The van der Waals surface area contributed by atoms with Crippen LogP contribution in [0.4, 0.5) is 0 Å². The summed E-state index contributed by atoms with van der Waals surface area (Å²) in [5, 5.41) is 28.1. The van der Waals surface area contributed by atoms with Crippen molar-refractivity contribution in [2.24, 2.45) is 0 Å². The molecular weight excluding hydrogens is 246 g/mol. The molecular formula is C14H23NO4. The highest BCUT2D eigenvalue weighted by Crippen LogP contribution is 2.23. The molecule has 3 N–H and O–H groups in total. The van der Waals surface area contributed by atoms with E-state index in [-0.39, 0.29) is 13.2 Å². The first-order valence-corrected chi connectivity index (χ1v) is 6.39. The molecule has 0 heterocycles. The van der Waals surface area contributed by atoms with E-state index in [0.717, 1.165) is 16.9 Å². The van der Waals surface area contributed by atoms with Crippen molar-refractivity contribution < 1.29 is 20.1 Å². The van der Waals surface area contributed by atoms with E-state index < -0.39 is 6.10 Å². The zero-order chi connectivity index (χ0) is 14.3. The lowest BCUT2D eigenvalue weighted by Gasteiger charge is -2.24. The molecule has 108 valence electrons. The van der Waals surface area contributed by atoms with Gasteiger partial charge in [-0.25, -0.2) is 0 Å². The number of hydrogen-bond acceptors (Lipinski definition) is 5. The van der Waals surface area contributed by atoms with E-state index in [2.05, 4.69) is 0 Å². The zero-order valence-corrected chi connectivity index (χ0v) is 11.5. The van der Waals surface area contributed by atoms with Crippen LogP contribution < -0.4 is 4.74 Å². The van der Waals surface area contributed by atoms with E-state index in [1.54, 1.807) is 7.11 Å². The Bertz CT molecular complexity index is 378. The van der Waals surface area contributed by atoms with Crippen molar-refractivity contribution >= 4 is 0 Å². The normalized spacial score (nSPS) is 12.7. The van der Waals surface area contributed by atoms with Crippen LogP contribution in [0.15, 0.2) is 18.2 Å². The number of hydrogen-bond donors (Lipinski definition) is 3. The van der Waals surface area contributed by atoms with Gasteiger partial charge >= 0.3 is 0 Å². The van der Waals surface area contributed by atoms with Crippen molar-refractivity contribution in [3.05, 3.63) is 29.3 Å². The number of aliphatic hydroxyl groups is 3. The monoisotopic (exact) mass is 269 g/mol. The van der Waals surface area contributed by atoms with Gasteiger partial charge in [0.1, 0.15) is 5.75 Å². The fourth-order valence-corrected chi connectivity index (χ4v) is 2.04. The fourth-order valence-electron chi connectivity index (χ4n) is 2.04. The minimum atomic E-state index is -0.650. The molecule has 1 aromatic rings. The first kappa shape index (κ1) is 15.9. The van der Waals surface area contributed by atoms with Crippen molar-refractivity contribution in [3.63, 3.8) is 0 Å². The Balaban J connectivity index is 2.70. The molecule has 0 aliphatic carbocycles. The third kappa shape index (κ3) is 4.80. The van der Waals surface area contributed by atoms with E-state index in [1.165, 1.54) is 0 Å². The molecule has 1 unspecified atom stereocenters. The largest absolute Gasteiger partial charge is 0.496 e. The second kappa shape index (κ2) is 8.12. The maximum absolute atomic E-state index is 10.2. The minimum Gasteiger partial charge on any atom is -0.496 e. The average Bonchev–Trinajstić information content (AvgIpc) is 2.39. The van der Waals surface area contributed by atoms with E-state index in [1.807, 2.05) is 30.0 Å².